The van der Waals surface area contributed by atoms with Crippen LogP contribution in [0.4, 0.5) is 0 Å². The second-order valence-corrected chi connectivity index (χ2v) is 8.21. The smallest absolute Gasteiger partial charge is 0.225 e. The monoisotopic (exact) mass is 467 g/mol. The van der Waals surface area contributed by atoms with Crippen molar-refractivity contribution in [1.29, 1.82) is 0 Å². The van der Waals surface area contributed by atoms with Gasteiger partial charge in [0.2, 0.25) is 5.91 Å². The van der Waals surface area contributed by atoms with E-state index in [2.05, 4.69) is 48.3 Å². The number of nitrogens with zero attached hydrogens (tertiary/aromatic N) is 1. The number of carbonyl (C=O) groups excluding carboxylic acids is 1. The second kappa shape index (κ2) is 13.0. The molecule has 3 rings (SSSR count). The minimum atomic E-state index is -0.308. The van der Waals surface area contributed by atoms with Gasteiger partial charge in [0.25, 0.3) is 0 Å². The van der Waals surface area contributed by atoms with Crippen LogP contribution in [0.5, 0.6) is 0 Å². The Bertz CT molecular complexity index is 779. The molecule has 0 aromatic heterocycles. The zero-order chi connectivity index (χ0) is 20.8. The van der Waals surface area contributed by atoms with Gasteiger partial charge in [-0.15, -0.1) is 24.8 Å². The molecule has 7 heteroatoms. The standard InChI is InChI=1S/C24H33N3O2.2ClH/c1-17-14-27(15-18(2)29-17)16-21-11-9-20(10-12-21)13-26-24(28)19(3)23(25)22-7-5-4-6-8-22;;/h4-12,17-19,23H,13-16,25H2,1-3H3,(H,26,28);2*1H. The minimum absolute atomic E-state index is 0. The molecular weight excluding hydrogens is 433 g/mol. The van der Waals surface area contributed by atoms with E-state index >= 15 is 0 Å². The third-order valence-electron chi connectivity index (χ3n) is 5.53. The van der Waals surface area contributed by atoms with Crippen molar-refractivity contribution in [3.05, 3.63) is 71.3 Å². The Kier molecular flexibility index (Phi) is 11.5. The predicted octanol–water partition coefficient (Wildman–Crippen LogP) is 4.09. The molecule has 172 valence electrons. The number of amides is 1. The lowest BCUT2D eigenvalue weighted by atomic mass is 9.94. The van der Waals surface area contributed by atoms with Gasteiger partial charge in [0, 0.05) is 32.2 Å². The summed E-state index contributed by atoms with van der Waals surface area (Å²) in [6.07, 6.45) is 0.551. The quantitative estimate of drug-likeness (QED) is 0.643. The molecule has 1 heterocycles. The molecule has 0 spiro atoms. The number of benzene rings is 2. The summed E-state index contributed by atoms with van der Waals surface area (Å²) in [4.78, 5) is 14.9. The van der Waals surface area contributed by atoms with Crippen LogP contribution in [0, 0.1) is 5.92 Å². The highest BCUT2D eigenvalue weighted by Crippen LogP contribution is 2.19. The van der Waals surface area contributed by atoms with Gasteiger partial charge in [0.15, 0.2) is 0 Å². The molecule has 0 aliphatic carbocycles. The van der Waals surface area contributed by atoms with Crippen LogP contribution in [-0.4, -0.2) is 36.1 Å². The molecule has 4 unspecified atom stereocenters. The van der Waals surface area contributed by atoms with Crippen molar-refractivity contribution >= 4 is 30.7 Å². The second-order valence-electron chi connectivity index (χ2n) is 8.21. The Morgan fingerprint density at radius 1 is 1.03 bits per heavy atom. The molecule has 1 fully saturated rings. The van der Waals surface area contributed by atoms with Crippen LogP contribution in [0.25, 0.3) is 0 Å². The SMILES string of the molecule is CC1CN(Cc2ccc(CNC(=O)C(C)C(N)c3ccccc3)cc2)CC(C)O1.Cl.Cl. The summed E-state index contributed by atoms with van der Waals surface area (Å²) in [6, 6.07) is 17.9. The molecule has 1 saturated heterocycles. The van der Waals surface area contributed by atoms with Crippen LogP contribution in [0.1, 0.15) is 43.5 Å². The highest BCUT2D eigenvalue weighted by atomic mass is 35.5. The normalized spacial score (nSPS) is 20.6. The summed E-state index contributed by atoms with van der Waals surface area (Å²) >= 11 is 0. The molecule has 2 aromatic rings. The molecule has 1 aliphatic heterocycles. The average molecular weight is 468 g/mol. The Morgan fingerprint density at radius 3 is 2.16 bits per heavy atom. The molecule has 5 nitrogen and oxygen atoms in total. The Labute approximate surface area is 198 Å². The lowest BCUT2D eigenvalue weighted by Crippen LogP contribution is -2.44. The maximum absolute atomic E-state index is 12.5. The summed E-state index contributed by atoms with van der Waals surface area (Å²) in [7, 11) is 0. The third-order valence-corrected chi connectivity index (χ3v) is 5.53. The van der Waals surface area contributed by atoms with Crippen molar-refractivity contribution in [2.75, 3.05) is 13.1 Å². The summed E-state index contributed by atoms with van der Waals surface area (Å²) in [5.41, 5.74) is 9.61. The van der Waals surface area contributed by atoms with Crippen LogP contribution in [0.15, 0.2) is 54.6 Å². The molecule has 0 bridgehead atoms. The Morgan fingerprint density at radius 2 is 1.58 bits per heavy atom. The number of rotatable bonds is 7. The molecule has 4 atom stereocenters. The first-order valence-corrected chi connectivity index (χ1v) is 10.5. The largest absolute Gasteiger partial charge is 0.373 e. The van der Waals surface area contributed by atoms with E-state index in [1.807, 2.05) is 37.3 Å². The van der Waals surface area contributed by atoms with E-state index in [0.717, 1.165) is 30.8 Å². The van der Waals surface area contributed by atoms with Gasteiger partial charge in [-0.05, 0) is 30.5 Å². The molecule has 0 radical (unpaired) electrons. The number of carbonyl (C=O) groups is 1. The minimum Gasteiger partial charge on any atom is -0.373 e. The van der Waals surface area contributed by atoms with Crippen molar-refractivity contribution in [2.45, 2.75) is 52.1 Å². The number of hydrogen-bond donors (Lipinski definition) is 2. The van der Waals surface area contributed by atoms with Crippen LogP contribution in [0.3, 0.4) is 0 Å². The lowest BCUT2D eigenvalue weighted by molar-refractivity contribution is -0.125. The zero-order valence-electron chi connectivity index (χ0n) is 18.5. The number of ether oxygens (including phenoxy) is 1. The number of hydrogen-bond acceptors (Lipinski definition) is 4. The van der Waals surface area contributed by atoms with Crippen molar-refractivity contribution in [1.82, 2.24) is 10.2 Å². The van der Waals surface area contributed by atoms with Crippen molar-refractivity contribution in [3.63, 3.8) is 0 Å². The summed E-state index contributed by atoms with van der Waals surface area (Å²) in [5, 5.41) is 3.02. The maximum Gasteiger partial charge on any atom is 0.225 e. The average Bonchev–Trinajstić information content (AvgIpc) is 2.72. The first kappa shape index (κ1) is 27.4. The van der Waals surface area contributed by atoms with Crippen molar-refractivity contribution in [3.8, 4) is 0 Å². The van der Waals surface area contributed by atoms with E-state index in [-0.39, 0.29) is 54.9 Å². The maximum atomic E-state index is 12.5. The first-order chi connectivity index (χ1) is 13.9. The van der Waals surface area contributed by atoms with Gasteiger partial charge in [-0.3, -0.25) is 9.69 Å². The first-order valence-electron chi connectivity index (χ1n) is 10.5. The molecule has 2 aromatic carbocycles. The zero-order valence-corrected chi connectivity index (χ0v) is 20.1. The van der Waals surface area contributed by atoms with Gasteiger partial charge in [-0.2, -0.15) is 0 Å². The van der Waals surface area contributed by atoms with E-state index in [1.165, 1.54) is 5.56 Å². The van der Waals surface area contributed by atoms with Gasteiger partial charge < -0.3 is 15.8 Å². The fraction of sp³-hybridized carbons (Fsp3) is 0.458. The molecule has 31 heavy (non-hydrogen) atoms. The van der Waals surface area contributed by atoms with Gasteiger partial charge in [-0.1, -0.05) is 61.5 Å². The van der Waals surface area contributed by atoms with E-state index in [9.17, 15) is 4.79 Å². The number of morpholine rings is 1. The topological polar surface area (TPSA) is 67.6 Å². The van der Waals surface area contributed by atoms with Crippen LogP contribution in [0.2, 0.25) is 0 Å². The Balaban J connectivity index is 0.00000240. The Hall–Kier alpha value is -1.63. The molecule has 3 N–H and O–H groups in total. The molecule has 1 amide bonds. The van der Waals surface area contributed by atoms with Crippen molar-refractivity contribution < 1.29 is 9.53 Å². The van der Waals surface area contributed by atoms with E-state index in [4.69, 9.17) is 10.5 Å². The van der Waals surface area contributed by atoms with E-state index in [0.29, 0.717) is 6.54 Å². The fourth-order valence-corrected chi connectivity index (χ4v) is 3.91. The summed E-state index contributed by atoms with van der Waals surface area (Å²) in [5.74, 6) is -0.316. The predicted molar refractivity (Wildman–Crippen MR) is 131 cm³/mol. The van der Waals surface area contributed by atoms with Gasteiger partial charge in [-0.25, -0.2) is 0 Å². The molecular formula is C24H35Cl2N3O2. The van der Waals surface area contributed by atoms with Crippen LogP contribution < -0.4 is 11.1 Å². The number of halogens is 2. The fourth-order valence-electron chi connectivity index (χ4n) is 3.91. The molecule has 0 saturated carbocycles. The molecule has 1 aliphatic rings. The number of nitrogens with two attached hydrogens (primary N) is 1. The van der Waals surface area contributed by atoms with Crippen molar-refractivity contribution in [2.24, 2.45) is 11.7 Å². The third kappa shape index (κ3) is 8.09. The highest BCUT2D eigenvalue weighted by Gasteiger charge is 2.23. The highest BCUT2D eigenvalue weighted by molar-refractivity contribution is 5.85. The van der Waals surface area contributed by atoms with Gasteiger partial charge in [0.1, 0.15) is 0 Å². The van der Waals surface area contributed by atoms with Gasteiger partial charge >= 0.3 is 0 Å². The lowest BCUT2D eigenvalue weighted by Gasteiger charge is -2.35. The summed E-state index contributed by atoms with van der Waals surface area (Å²) < 4.78 is 5.80. The van der Waals surface area contributed by atoms with Crippen LogP contribution in [-0.2, 0) is 22.6 Å². The van der Waals surface area contributed by atoms with Crippen LogP contribution >= 0.6 is 24.8 Å². The number of nitrogens with one attached hydrogen (secondary N) is 1. The van der Waals surface area contributed by atoms with E-state index in [1.54, 1.807) is 0 Å². The van der Waals surface area contributed by atoms with E-state index < -0.39 is 0 Å². The summed E-state index contributed by atoms with van der Waals surface area (Å²) in [6.45, 7) is 9.48. The van der Waals surface area contributed by atoms with Gasteiger partial charge in [0.05, 0.1) is 18.1 Å².